The first-order valence-electron chi connectivity index (χ1n) is 10.7. The van der Waals surface area contributed by atoms with Crippen molar-refractivity contribution in [2.24, 2.45) is 0 Å². The lowest BCUT2D eigenvalue weighted by Gasteiger charge is -2.28. The number of nitrogens with zero attached hydrogens (tertiary/aromatic N) is 4. The minimum Gasteiger partial charge on any atom is -0.384 e. The van der Waals surface area contributed by atoms with Crippen LogP contribution in [-0.2, 0) is 27.7 Å². The number of sulfone groups is 1. The SMILES string of the molecule is COCCS(=O)(=O)c1ncc(CN(C)CCN2CCCCC2)n1Cc1ccccc1. The van der Waals surface area contributed by atoms with Crippen molar-refractivity contribution in [3.63, 3.8) is 0 Å². The number of rotatable bonds is 11. The zero-order valence-electron chi connectivity index (χ0n) is 18.2. The molecule has 30 heavy (non-hydrogen) atoms. The Morgan fingerprint density at radius 1 is 1.13 bits per heavy atom. The second kappa shape index (κ2) is 11.0. The van der Waals surface area contributed by atoms with E-state index in [1.807, 2.05) is 34.9 Å². The number of methoxy groups -OCH3 is 1. The van der Waals surface area contributed by atoms with Crippen molar-refractivity contribution < 1.29 is 13.2 Å². The molecule has 1 fully saturated rings. The molecule has 1 aliphatic rings. The standard InChI is InChI=1S/C22H34N4O3S/c1-24(13-14-25-11-7-4-8-12-25)19-21-17-23-22(30(27,28)16-15-29-2)26(21)18-20-9-5-3-6-10-20/h3,5-6,9-10,17H,4,7-8,11-16,18-19H2,1-2H3. The number of likely N-dealkylation sites (tertiary alicyclic amines) is 1. The Morgan fingerprint density at radius 3 is 2.57 bits per heavy atom. The maximum Gasteiger partial charge on any atom is 0.228 e. The van der Waals surface area contributed by atoms with Crippen molar-refractivity contribution >= 4 is 9.84 Å². The van der Waals surface area contributed by atoms with Gasteiger partial charge in [-0.1, -0.05) is 36.8 Å². The van der Waals surface area contributed by atoms with E-state index >= 15 is 0 Å². The number of likely N-dealkylation sites (N-methyl/N-ethyl adjacent to an activating group) is 1. The molecule has 2 heterocycles. The van der Waals surface area contributed by atoms with Gasteiger partial charge in [0.25, 0.3) is 0 Å². The van der Waals surface area contributed by atoms with Crippen LogP contribution >= 0.6 is 0 Å². The summed E-state index contributed by atoms with van der Waals surface area (Å²) >= 11 is 0. The lowest BCUT2D eigenvalue weighted by atomic mass is 10.1. The van der Waals surface area contributed by atoms with E-state index in [4.69, 9.17) is 4.74 Å². The first kappa shape index (κ1) is 22.9. The highest BCUT2D eigenvalue weighted by molar-refractivity contribution is 7.91. The van der Waals surface area contributed by atoms with Gasteiger partial charge in [0.2, 0.25) is 15.0 Å². The summed E-state index contributed by atoms with van der Waals surface area (Å²) in [5, 5.41) is 0.128. The summed E-state index contributed by atoms with van der Waals surface area (Å²) in [4.78, 5) is 9.09. The maximum absolute atomic E-state index is 12.8. The molecule has 8 heteroatoms. The molecule has 3 rings (SSSR count). The van der Waals surface area contributed by atoms with Gasteiger partial charge in [0.05, 0.1) is 30.8 Å². The fraction of sp³-hybridized carbons (Fsp3) is 0.591. The maximum atomic E-state index is 12.8. The van der Waals surface area contributed by atoms with Gasteiger partial charge < -0.3 is 14.2 Å². The largest absolute Gasteiger partial charge is 0.384 e. The van der Waals surface area contributed by atoms with E-state index in [0.29, 0.717) is 13.1 Å². The lowest BCUT2D eigenvalue weighted by molar-refractivity contribution is 0.192. The van der Waals surface area contributed by atoms with Crippen LogP contribution in [0.15, 0.2) is 41.7 Å². The molecule has 0 bridgehead atoms. The molecule has 0 atom stereocenters. The Bertz CT molecular complexity index is 877. The molecule has 1 aliphatic heterocycles. The van der Waals surface area contributed by atoms with Crippen LogP contribution in [0.4, 0.5) is 0 Å². The Hall–Kier alpha value is -1.74. The van der Waals surface area contributed by atoms with Gasteiger partial charge in [-0.05, 0) is 38.5 Å². The second-order valence-corrected chi connectivity index (χ2v) is 10.1. The Balaban J connectivity index is 1.75. The third-order valence-electron chi connectivity index (χ3n) is 5.60. The summed E-state index contributed by atoms with van der Waals surface area (Å²) < 4.78 is 32.5. The Morgan fingerprint density at radius 2 is 1.87 bits per heavy atom. The quantitative estimate of drug-likeness (QED) is 0.541. The summed E-state index contributed by atoms with van der Waals surface area (Å²) in [6, 6.07) is 9.92. The van der Waals surface area contributed by atoms with Crippen LogP contribution in [0.25, 0.3) is 0 Å². The number of hydrogen-bond donors (Lipinski definition) is 0. The van der Waals surface area contributed by atoms with E-state index in [2.05, 4.69) is 21.8 Å². The molecule has 0 unspecified atom stereocenters. The minimum absolute atomic E-state index is 0.0699. The summed E-state index contributed by atoms with van der Waals surface area (Å²) in [6.45, 7) is 5.66. The monoisotopic (exact) mass is 434 g/mol. The summed E-state index contributed by atoms with van der Waals surface area (Å²) in [5.74, 6) is -0.0699. The summed E-state index contributed by atoms with van der Waals surface area (Å²) in [6.07, 6.45) is 5.62. The molecule has 2 aromatic rings. The predicted molar refractivity (Wildman–Crippen MR) is 118 cm³/mol. The average Bonchev–Trinajstić information content (AvgIpc) is 3.15. The number of aromatic nitrogens is 2. The predicted octanol–water partition coefficient (Wildman–Crippen LogP) is 2.27. The van der Waals surface area contributed by atoms with E-state index in [-0.39, 0.29) is 17.5 Å². The van der Waals surface area contributed by atoms with Crippen LogP contribution in [0.3, 0.4) is 0 Å². The van der Waals surface area contributed by atoms with Crippen molar-refractivity contribution in [1.29, 1.82) is 0 Å². The molecule has 0 saturated carbocycles. The van der Waals surface area contributed by atoms with E-state index in [0.717, 1.165) is 24.3 Å². The van der Waals surface area contributed by atoms with Crippen LogP contribution in [0.2, 0.25) is 0 Å². The van der Waals surface area contributed by atoms with Gasteiger partial charge in [0.1, 0.15) is 0 Å². The highest BCUT2D eigenvalue weighted by Crippen LogP contribution is 2.17. The van der Waals surface area contributed by atoms with Gasteiger partial charge in [-0.3, -0.25) is 4.90 Å². The fourth-order valence-electron chi connectivity index (χ4n) is 3.84. The van der Waals surface area contributed by atoms with E-state index in [9.17, 15) is 8.42 Å². The Kier molecular flexibility index (Phi) is 8.44. The molecule has 0 radical (unpaired) electrons. The minimum atomic E-state index is -3.52. The van der Waals surface area contributed by atoms with E-state index < -0.39 is 9.84 Å². The van der Waals surface area contributed by atoms with Crippen molar-refractivity contribution in [3.05, 3.63) is 47.8 Å². The molecule has 1 saturated heterocycles. The Labute approximate surface area is 180 Å². The van der Waals surface area contributed by atoms with Crippen LogP contribution in [0.5, 0.6) is 0 Å². The van der Waals surface area contributed by atoms with E-state index in [1.54, 1.807) is 6.20 Å². The molecular weight excluding hydrogens is 400 g/mol. The molecule has 166 valence electrons. The highest BCUT2D eigenvalue weighted by atomic mass is 32.2. The molecule has 0 aliphatic carbocycles. The van der Waals surface area contributed by atoms with E-state index in [1.165, 1.54) is 39.5 Å². The van der Waals surface area contributed by atoms with Gasteiger partial charge in [-0.15, -0.1) is 0 Å². The first-order valence-corrected chi connectivity index (χ1v) is 12.4. The van der Waals surface area contributed by atoms with Crippen LogP contribution in [-0.4, -0.2) is 80.5 Å². The number of benzene rings is 1. The zero-order valence-corrected chi connectivity index (χ0v) is 19.0. The number of ether oxygens (including phenoxy) is 1. The molecule has 0 N–H and O–H groups in total. The molecular formula is C22H34N4O3S. The van der Waals surface area contributed by atoms with Gasteiger partial charge >= 0.3 is 0 Å². The van der Waals surface area contributed by atoms with Crippen molar-refractivity contribution in [2.75, 3.05) is 52.7 Å². The van der Waals surface area contributed by atoms with Gasteiger partial charge in [0, 0.05) is 26.7 Å². The van der Waals surface area contributed by atoms with Gasteiger partial charge in [-0.2, -0.15) is 0 Å². The van der Waals surface area contributed by atoms with Crippen molar-refractivity contribution in [1.82, 2.24) is 19.4 Å². The molecule has 7 nitrogen and oxygen atoms in total. The zero-order chi connectivity index (χ0) is 21.4. The molecule has 0 amide bonds. The highest BCUT2D eigenvalue weighted by Gasteiger charge is 2.24. The normalized spacial score (nSPS) is 15.7. The third kappa shape index (κ3) is 6.38. The molecule has 1 aromatic heterocycles. The lowest BCUT2D eigenvalue weighted by Crippen LogP contribution is -2.36. The number of piperidine rings is 1. The van der Waals surface area contributed by atoms with Crippen molar-refractivity contribution in [3.8, 4) is 0 Å². The van der Waals surface area contributed by atoms with Gasteiger partial charge in [0.15, 0.2) is 0 Å². The molecule has 0 spiro atoms. The van der Waals surface area contributed by atoms with Crippen molar-refractivity contribution in [2.45, 2.75) is 37.5 Å². The number of hydrogen-bond acceptors (Lipinski definition) is 6. The van der Waals surface area contributed by atoms with Crippen LogP contribution < -0.4 is 0 Å². The topological polar surface area (TPSA) is 67.7 Å². The average molecular weight is 435 g/mol. The summed E-state index contributed by atoms with van der Waals surface area (Å²) in [5.41, 5.74) is 1.96. The van der Waals surface area contributed by atoms with Crippen LogP contribution in [0.1, 0.15) is 30.5 Å². The van der Waals surface area contributed by atoms with Gasteiger partial charge in [-0.25, -0.2) is 13.4 Å². The smallest absolute Gasteiger partial charge is 0.228 e. The second-order valence-electron chi connectivity index (χ2n) is 8.06. The number of imidazole rings is 1. The molecule has 1 aromatic carbocycles. The fourth-order valence-corrected chi connectivity index (χ4v) is 5.14. The third-order valence-corrected chi connectivity index (χ3v) is 7.18. The first-order chi connectivity index (χ1) is 14.5. The summed E-state index contributed by atoms with van der Waals surface area (Å²) in [7, 11) is 0.0774. The van der Waals surface area contributed by atoms with Crippen LogP contribution in [0, 0.1) is 0 Å².